The summed E-state index contributed by atoms with van der Waals surface area (Å²) in [5.41, 5.74) is 1.45. The predicted octanol–water partition coefficient (Wildman–Crippen LogP) is 2.43. The maximum atomic E-state index is 11.7. The van der Waals surface area contributed by atoms with Gasteiger partial charge in [0.1, 0.15) is 0 Å². The first-order chi connectivity index (χ1) is 8.16. The highest BCUT2D eigenvalue weighted by molar-refractivity contribution is 7.10. The maximum Gasteiger partial charge on any atom is 0.272 e. The number of thiophene rings is 1. The van der Waals surface area contributed by atoms with Crippen molar-refractivity contribution in [3.05, 3.63) is 44.9 Å². The molecule has 0 spiro atoms. The van der Waals surface area contributed by atoms with E-state index in [1.807, 2.05) is 18.4 Å². The molecule has 0 aliphatic rings. The van der Waals surface area contributed by atoms with E-state index in [1.54, 1.807) is 23.5 Å². The van der Waals surface area contributed by atoms with Gasteiger partial charge in [0.25, 0.3) is 5.91 Å². The number of aromatic nitrogens is 2. The monoisotopic (exact) mass is 267 g/mol. The van der Waals surface area contributed by atoms with Gasteiger partial charge in [-0.15, -0.1) is 21.5 Å². The largest absolute Gasteiger partial charge is 0.346 e. The van der Waals surface area contributed by atoms with E-state index in [4.69, 9.17) is 11.6 Å². The van der Waals surface area contributed by atoms with Gasteiger partial charge in [-0.25, -0.2) is 0 Å². The van der Waals surface area contributed by atoms with E-state index in [0.29, 0.717) is 6.54 Å². The molecule has 17 heavy (non-hydrogen) atoms. The summed E-state index contributed by atoms with van der Waals surface area (Å²) < 4.78 is 0. The Labute approximate surface area is 108 Å². The molecule has 2 rings (SSSR count). The van der Waals surface area contributed by atoms with Crippen molar-refractivity contribution in [1.82, 2.24) is 15.5 Å². The lowest BCUT2D eigenvalue weighted by atomic mass is 10.3. The summed E-state index contributed by atoms with van der Waals surface area (Å²) in [5.74, 6) is -0.248. The van der Waals surface area contributed by atoms with Gasteiger partial charge < -0.3 is 5.32 Å². The third-order valence-electron chi connectivity index (χ3n) is 2.24. The Hall–Kier alpha value is -1.46. The molecule has 1 N–H and O–H groups in total. The molecule has 0 radical (unpaired) electrons. The normalized spacial score (nSPS) is 10.2. The number of amides is 1. The number of rotatable bonds is 3. The molecule has 0 aromatic carbocycles. The number of hydrogen-bond donors (Lipinski definition) is 1. The van der Waals surface area contributed by atoms with Gasteiger partial charge in [-0.1, -0.05) is 11.6 Å². The quantitative estimate of drug-likeness (QED) is 0.929. The number of halogens is 1. The lowest BCUT2D eigenvalue weighted by molar-refractivity contribution is 0.0945. The molecular weight excluding hydrogens is 258 g/mol. The van der Waals surface area contributed by atoms with Crippen molar-refractivity contribution in [2.24, 2.45) is 0 Å². The number of nitrogens with zero attached hydrogens (tertiary/aromatic N) is 2. The molecule has 2 aromatic rings. The zero-order valence-electron chi connectivity index (χ0n) is 9.11. The minimum Gasteiger partial charge on any atom is -0.346 e. The highest BCUT2D eigenvalue weighted by atomic mass is 35.5. The van der Waals surface area contributed by atoms with Gasteiger partial charge in [-0.3, -0.25) is 4.79 Å². The van der Waals surface area contributed by atoms with Crippen LogP contribution in [0.5, 0.6) is 0 Å². The zero-order valence-corrected chi connectivity index (χ0v) is 10.7. The molecule has 0 saturated heterocycles. The van der Waals surface area contributed by atoms with Gasteiger partial charge in [-0.2, -0.15) is 0 Å². The first kappa shape index (κ1) is 12.0. The predicted molar refractivity (Wildman–Crippen MR) is 67.3 cm³/mol. The molecule has 0 aliphatic heterocycles. The molecule has 2 aromatic heterocycles. The number of aryl methyl sites for hydroxylation is 1. The highest BCUT2D eigenvalue weighted by Crippen LogP contribution is 2.14. The number of carbonyl (C=O) groups excluding carboxylic acids is 1. The van der Waals surface area contributed by atoms with Gasteiger partial charge in [0.15, 0.2) is 10.8 Å². The molecule has 2 heterocycles. The van der Waals surface area contributed by atoms with Crippen LogP contribution in [0, 0.1) is 6.92 Å². The third-order valence-corrected chi connectivity index (χ3v) is 3.47. The summed E-state index contributed by atoms with van der Waals surface area (Å²) in [5, 5.41) is 12.4. The zero-order chi connectivity index (χ0) is 12.3. The van der Waals surface area contributed by atoms with E-state index in [2.05, 4.69) is 15.5 Å². The molecule has 88 valence electrons. The van der Waals surface area contributed by atoms with Crippen LogP contribution in [0.4, 0.5) is 0 Å². The average Bonchev–Trinajstić information content (AvgIpc) is 2.73. The minimum absolute atomic E-state index is 0.248. The van der Waals surface area contributed by atoms with Crippen molar-refractivity contribution in [3.63, 3.8) is 0 Å². The molecular formula is C11H10ClN3OS. The van der Waals surface area contributed by atoms with Gasteiger partial charge in [-0.05, 0) is 36.1 Å². The lowest BCUT2D eigenvalue weighted by Gasteiger charge is -2.03. The van der Waals surface area contributed by atoms with Gasteiger partial charge in [0.05, 0.1) is 6.54 Å². The molecule has 0 saturated carbocycles. The van der Waals surface area contributed by atoms with Crippen molar-refractivity contribution >= 4 is 28.8 Å². The van der Waals surface area contributed by atoms with Crippen molar-refractivity contribution in [3.8, 4) is 0 Å². The summed E-state index contributed by atoms with van der Waals surface area (Å²) in [4.78, 5) is 12.8. The number of hydrogen-bond acceptors (Lipinski definition) is 4. The van der Waals surface area contributed by atoms with E-state index >= 15 is 0 Å². The van der Waals surface area contributed by atoms with Crippen molar-refractivity contribution < 1.29 is 4.79 Å². The van der Waals surface area contributed by atoms with Crippen LogP contribution in [-0.2, 0) is 6.54 Å². The summed E-state index contributed by atoms with van der Waals surface area (Å²) in [6, 6.07) is 5.11. The van der Waals surface area contributed by atoms with Crippen LogP contribution >= 0.6 is 22.9 Å². The Balaban J connectivity index is 1.98. The second-order valence-corrected chi connectivity index (χ2v) is 4.84. The van der Waals surface area contributed by atoms with Crippen LogP contribution < -0.4 is 5.32 Å². The van der Waals surface area contributed by atoms with E-state index in [9.17, 15) is 4.79 Å². The van der Waals surface area contributed by atoms with Gasteiger partial charge in [0.2, 0.25) is 0 Å². The maximum absolute atomic E-state index is 11.7. The molecule has 0 atom stereocenters. The minimum atomic E-state index is -0.248. The fraction of sp³-hybridized carbons (Fsp3) is 0.182. The van der Waals surface area contributed by atoms with E-state index in [1.165, 1.54) is 5.56 Å². The molecule has 0 fully saturated rings. The molecule has 1 amide bonds. The Morgan fingerprint density at radius 3 is 2.82 bits per heavy atom. The molecule has 6 heteroatoms. The first-order valence-corrected chi connectivity index (χ1v) is 6.23. The van der Waals surface area contributed by atoms with Gasteiger partial charge in [0, 0.05) is 4.88 Å². The lowest BCUT2D eigenvalue weighted by Crippen LogP contribution is -2.23. The second kappa shape index (κ2) is 5.25. The van der Waals surface area contributed by atoms with E-state index in [0.717, 1.165) is 4.88 Å². The summed E-state index contributed by atoms with van der Waals surface area (Å²) >= 11 is 7.21. The smallest absolute Gasteiger partial charge is 0.272 e. The third kappa shape index (κ3) is 3.01. The summed E-state index contributed by atoms with van der Waals surface area (Å²) in [6.07, 6.45) is 0. The number of nitrogens with one attached hydrogen (secondary N) is 1. The highest BCUT2D eigenvalue weighted by Gasteiger charge is 2.08. The Bertz CT molecular complexity index is 524. The fourth-order valence-corrected chi connectivity index (χ4v) is 2.22. The summed E-state index contributed by atoms with van der Waals surface area (Å²) in [6.45, 7) is 2.52. The van der Waals surface area contributed by atoms with E-state index in [-0.39, 0.29) is 16.8 Å². The average molecular weight is 268 g/mol. The van der Waals surface area contributed by atoms with Crippen LogP contribution in [0.25, 0.3) is 0 Å². The fourth-order valence-electron chi connectivity index (χ4n) is 1.27. The van der Waals surface area contributed by atoms with Crippen molar-refractivity contribution in [2.75, 3.05) is 0 Å². The van der Waals surface area contributed by atoms with Crippen molar-refractivity contribution in [2.45, 2.75) is 13.5 Å². The summed E-state index contributed by atoms with van der Waals surface area (Å²) in [7, 11) is 0. The topological polar surface area (TPSA) is 54.9 Å². The van der Waals surface area contributed by atoms with Crippen LogP contribution in [0.1, 0.15) is 20.9 Å². The van der Waals surface area contributed by atoms with Crippen molar-refractivity contribution in [1.29, 1.82) is 0 Å². The molecule has 0 bridgehead atoms. The number of carbonyl (C=O) groups is 1. The van der Waals surface area contributed by atoms with Crippen LogP contribution in [0.3, 0.4) is 0 Å². The first-order valence-electron chi connectivity index (χ1n) is 4.97. The SMILES string of the molecule is Cc1ccsc1CNC(=O)c1ccc(Cl)nn1. The van der Waals surface area contributed by atoms with E-state index < -0.39 is 0 Å². The Morgan fingerprint density at radius 2 is 2.24 bits per heavy atom. The standard InChI is InChI=1S/C11H10ClN3OS/c1-7-4-5-17-9(7)6-13-11(16)8-2-3-10(12)15-14-8/h2-5H,6H2,1H3,(H,13,16). The molecule has 0 aliphatic carbocycles. The van der Waals surface area contributed by atoms with Crippen LogP contribution in [-0.4, -0.2) is 16.1 Å². The Kier molecular flexibility index (Phi) is 3.71. The Morgan fingerprint density at radius 1 is 1.41 bits per heavy atom. The molecule has 4 nitrogen and oxygen atoms in total. The van der Waals surface area contributed by atoms with Gasteiger partial charge >= 0.3 is 0 Å². The van der Waals surface area contributed by atoms with Crippen LogP contribution in [0.2, 0.25) is 5.15 Å². The molecule has 0 unspecified atom stereocenters. The van der Waals surface area contributed by atoms with Crippen LogP contribution in [0.15, 0.2) is 23.6 Å². The second-order valence-electron chi connectivity index (χ2n) is 3.45.